The number of thiocarbonyl (C=S) groups is 1. The van der Waals surface area contributed by atoms with Crippen LogP contribution in [0.4, 0.5) is 0 Å². The van der Waals surface area contributed by atoms with Crippen molar-refractivity contribution in [1.82, 2.24) is 4.90 Å². The molecule has 104 valence electrons. The van der Waals surface area contributed by atoms with Gasteiger partial charge in [-0.05, 0) is 30.5 Å². The molecule has 2 rings (SSSR count). The summed E-state index contributed by atoms with van der Waals surface area (Å²) in [6, 6.07) is 6.23. The summed E-state index contributed by atoms with van der Waals surface area (Å²) in [6.07, 6.45) is 1.46. The zero-order chi connectivity index (χ0) is 13.8. The second-order valence-electron chi connectivity index (χ2n) is 5.14. The van der Waals surface area contributed by atoms with Crippen molar-refractivity contribution in [3.05, 3.63) is 34.9 Å². The van der Waals surface area contributed by atoms with E-state index in [1.165, 1.54) is 11.1 Å². The maximum atomic E-state index is 5.70. The van der Waals surface area contributed by atoms with E-state index in [9.17, 15) is 0 Å². The van der Waals surface area contributed by atoms with Crippen LogP contribution in [0.1, 0.15) is 30.0 Å². The van der Waals surface area contributed by atoms with Crippen molar-refractivity contribution in [3.8, 4) is 0 Å². The molecule has 19 heavy (non-hydrogen) atoms. The van der Waals surface area contributed by atoms with Gasteiger partial charge in [0.2, 0.25) is 0 Å². The summed E-state index contributed by atoms with van der Waals surface area (Å²) >= 11 is 5.01. The topological polar surface area (TPSA) is 38.5 Å². The number of hydrogen-bond donors (Lipinski definition) is 1. The van der Waals surface area contributed by atoms with Gasteiger partial charge < -0.3 is 10.5 Å². The van der Waals surface area contributed by atoms with Crippen LogP contribution in [-0.4, -0.2) is 35.7 Å². The standard InChI is InChI=1S/C15H22N2OS/c1-3-14-10-17(6-7-18-14)9-13-5-4-12(15(16)19)8-11(13)2/h4-5,8,14H,3,6-7,9-10H2,1-2H3,(H2,16,19). The first-order chi connectivity index (χ1) is 9.10. The molecule has 4 heteroatoms. The van der Waals surface area contributed by atoms with E-state index in [-0.39, 0.29) is 0 Å². The van der Waals surface area contributed by atoms with Crippen LogP contribution in [0.15, 0.2) is 18.2 Å². The fourth-order valence-electron chi connectivity index (χ4n) is 2.44. The average molecular weight is 278 g/mol. The van der Waals surface area contributed by atoms with Crippen molar-refractivity contribution < 1.29 is 4.74 Å². The fourth-order valence-corrected chi connectivity index (χ4v) is 2.57. The highest BCUT2D eigenvalue weighted by Gasteiger charge is 2.19. The highest BCUT2D eigenvalue weighted by Crippen LogP contribution is 2.16. The molecule has 1 aliphatic heterocycles. The van der Waals surface area contributed by atoms with Gasteiger partial charge in [0.25, 0.3) is 0 Å². The quantitative estimate of drug-likeness (QED) is 0.857. The minimum Gasteiger partial charge on any atom is -0.389 e. The number of nitrogens with two attached hydrogens (primary N) is 1. The SMILES string of the molecule is CCC1CN(Cc2ccc(C(N)=S)cc2C)CCO1. The van der Waals surface area contributed by atoms with Gasteiger partial charge in [0.15, 0.2) is 0 Å². The third-order valence-electron chi connectivity index (χ3n) is 3.70. The number of morpholine rings is 1. The Kier molecular flexibility index (Phi) is 4.91. The van der Waals surface area contributed by atoms with Gasteiger partial charge in [0, 0.05) is 25.2 Å². The lowest BCUT2D eigenvalue weighted by Gasteiger charge is -2.32. The van der Waals surface area contributed by atoms with E-state index in [2.05, 4.69) is 30.9 Å². The molecule has 2 N–H and O–H groups in total. The molecule has 1 saturated heterocycles. The first-order valence-electron chi connectivity index (χ1n) is 6.83. The summed E-state index contributed by atoms with van der Waals surface area (Å²) in [5.74, 6) is 0. The molecule has 1 atom stereocenters. The van der Waals surface area contributed by atoms with Gasteiger partial charge in [0.1, 0.15) is 4.99 Å². The summed E-state index contributed by atoms with van der Waals surface area (Å²) in [5, 5.41) is 0. The molecule has 0 amide bonds. The number of hydrogen-bond acceptors (Lipinski definition) is 3. The van der Waals surface area contributed by atoms with E-state index in [0.717, 1.165) is 38.2 Å². The van der Waals surface area contributed by atoms with Crippen molar-refractivity contribution in [1.29, 1.82) is 0 Å². The Morgan fingerprint density at radius 3 is 2.95 bits per heavy atom. The highest BCUT2D eigenvalue weighted by atomic mass is 32.1. The first kappa shape index (κ1) is 14.4. The highest BCUT2D eigenvalue weighted by molar-refractivity contribution is 7.80. The molecular formula is C15H22N2OS. The summed E-state index contributed by atoms with van der Waals surface area (Å²) in [6.45, 7) is 8.14. The monoisotopic (exact) mass is 278 g/mol. The normalized spacial score (nSPS) is 20.4. The largest absolute Gasteiger partial charge is 0.389 e. The summed E-state index contributed by atoms with van der Waals surface area (Å²) in [4.78, 5) is 2.92. The maximum Gasteiger partial charge on any atom is 0.103 e. The number of rotatable bonds is 4. The molecule has 1 aromatic rings. The van der Waals surface area contributed by atoms with E-state index in [4.69, 9.17) is 22.7 Å². The maximum absolute atomic E-state index is 5.70. The van der Waals surface area contributed by atoms with Gasteiger partial charge in [-0.15, -0.1) is 0 Å². The first-order valence-corrected chi connectivity index (χ1v) is 7.24. The summed E-state index contributed by atoms with van der Waals surface area (Å²) < 4.78 is 5.70. The molecule has 0 aromatic heterocycles. The van der Waals surface area contributed by atoms with Crippen LogP contribution in [0.25, 0.3) is 0 Å². The molecule has 1 heterocycles. The van der Waals surface area contributed by atoms with Gasteiger partial charge in [-0.3, -0.25) is 4.90 Å². The van der Waals surface area contributed by atoms with E-state index in [1.54, 1.807) is 0 Å². The Labute approximate surface area is 120 Å². The van der Waals surface area contributed by atoms with Crippen molar-refractivity contribution in [2.24, 2.45) is 5.73 Å². The van der Waals surface area contributed by atoms with Gasteiger partial charge in [-0.2, -0.15) is 0 Å². The van der Waals surface area contributed by atoms with E-state index in [1.807, 2.05) is 6.07 Å². The lowest BCUT2D eigenvalue weighted by atomic mass is 10.0. The van der Waals surface area contributed by atoms with Crippen LogP contribution < -0.4 is 5.73 Å². The van der Waals surface area contributed by atoms with Crippen LogP contribution in [0.2, 0.25) is 0 Å². The molecule has 1 aliphatic rings. The summed E-state index contributed by atoms with van der Waals surface area (Å²) in [5.41, 5.74) is 9.21. The Bertz CT molecular complexity index is 461. The average Bonchev–Trinajstić information content (AvgIpc) is 2.41. The molecule has 1 aromatic carbocycles. The molecular weight excluding hydrogens is 256 g/mol. The zero-order valence-electron chi connectivity index (χ0n) is 11.7. The Balaban J connectivity index is 2.04. The molecule has 3 nitrogen and oxygen atoms in total. The molecule has 1 unspecified atom stereocenters. The van der Waals surface area contributed by atoms with Crippen molar-refractivity contribution in [2.75, 3.05) is 19.7 Å². The summed E-state index contributed by atoms with van der Waals surface area (Å²) in [7, 11) is 0. The number of ether oxygens (including phenoxy) is 1. The van der Waals surface area contributed by atoms with Crippen LogP contribution in [0.5, 0.6) is 0 Å². The predicted molar refractivity (Wildman–Crippen MR) is 82.4 cm³/mol. The Morgan fingerprint density at radius 2 is 2.32 bits per heavy atom. The molecule has 0 saturated carbocycles. The van der Waals surface area contributed by atoms with Crippen molar-refractivity contribution in [3.63, 3.8) is 0 Å². The van der Waals surface area contributed by atoms with Gasteiger partial charge in [-0.1, -0.05) is 31.3 Å². The minimum atomic E-state index is 0.380. The van der Waals surface area contributed by atoms with E-state index < -0.39 is 0 Å². The number of nitrogens with zero attached hydrogens (tertiary/aromatic N) is 1. The van der Waals surface area contributed by atoms with Crippen LogP contribution in [-0.2, 0) is 11.3 Å². The Hall–Kier alpha value is -0.970. The van der Waals surface area contributed by atoms with Crippen LogP contribution >= 0.6 is 12.2 Å². The number of aryl methyl sites for hydroxylation is 1. The second kappa shape index (κ2) is 6.46. The second-order valence-corrected chi connectivity index (χ2v) is 5.58. The van der Waals surface area contributed by atoms with Gasteiger partial charge >= 0.3 is 0 Å². The van der Waals surface area contributed by atoms with Crippen molar-refractivity contribution >= 4 is 17.2 Å². The van der Waals surface area contributed by atoms with Crippen LogP contribution in [0, 0.1) is 6.92 Å². The molecule has 1 fully saturated rings. The van der Waals surface area contributed by atoms with Crippen molar-refractivity contribution in [2.45, 2.75) is 32.9 Å². The Morgan fingerprint density at radius 1 is 1.53 bits per heavy atom. The minimum absolute atomic E-state index is 0.380. The number of benzene rings is 1. The lowest BCUT2D eigenvalue weighted by Crippen LogP contribution is -2.41. The molecule has 0 radical (unpaired) electrons. The predicted octanol–water partition coefficient (Wildman–Crippen LogP) is 2.24. The lowest BCUT2D eigenvalue weighted by molar-refractivity contribution is -0.0325. The van der Waals surface area contributed by atoms with Gasteiger partial charge in [-0.25, -0.2) is 0 Å². The molecule has 0 aliphatic carbocycles. The van der Waals surface area contributed by atoms with Crippen LogP contribution in [0.3, 0.4) is 0 Å². The smallest absolute Gasteiger partial charge is 0.103 e. The zero-order valence-corrected chi connectivity index (χ0v) is 12.5. The fraction of sp³-hybridized carbons (Fsp3) is 0.533. The third kappa shape index (κ3) is 3.75. The molecule has 0 spiro atoms. The van der Waals surface area contributed by atoms with E-state index in [0.29, 0.717) is 11.1 Å². The third-order valence-corrected chi connectivity index (χ3v) is 3.94. The van der Waals surface area contributed by atoms with Gasteiger partial charge in [0.05, 0.1) is 12.7 Å². The van der Waals surface area contributed by atoms with E-state index >= 15 is 0 Å². The molecule has 0 bridgehead atoms.